The summed E-state index contributed by atoms with van der Waals surface area (Å²) in [6.07, 6.45) is 3.72. The number of benzene rings is 1. The van der Waals surface area contributed by atoms with E-state index in [4.69, 9.17) is 4.74 Å². The van der Waals surface area contributed by atoms with Crippen molar-refractivity contribution in [3.63, 3.8) is 0 Å². The van der Waals surface area contributed by atoms with Gasteiger partial charge in [-0.25, -0.2) is 8.42 Å². The molecule has 0 saturated carbocycles. The predicted octanol–water partition coefficient (Wildman–Crippen LogP) is 2.20. The number of carbonyl (C=O) groups is 1. The van der Waals surface area contributed by atoms with E-state index in [2.05, 4.69) is 10.6 Å². The first-order valence-electron chi connectivity index (χ1n) is 9.10. The minimum Gasteiger partial charge on any atom is -0.495 e. The minimum absolute atomic E-state index is 0.154. The van der Waals surface area contributed by atoms with Gasteiger partial charge >= 0.3 is 0 Å². The smallest absolute Gasteiger partial charge is 0.243 e. The molecule has 1 aromatic carbocycles. The zero-order chi connectivity index (χ0) is 19.2. The summed E-state index contributed by atoms with van der Waals surface area (Å²) < 4.78 is 32.4. The van der Waals surface area contributed by atoms with Gasteiger partial charge in [0.1, 0.15) is 5.75 Å². The topological polar surface area (TPSA) is 87.7 Å². The van der Waals surface area contributed by atoms with Gasteiger partial charge in [-0.15, -0.1) is 0 Å². The molecule has 1 saturated heterocycles. The van der Waals surface area contributed by atoms with Crippen LogP contribution >= 0.6 is 0 Å². The van der Waals surface area contributed by atoms with E-state index in [1.807, 2.05) is 13.8 Å². The lowest BCUT2D eigenvalue weighted by molar-refractivity contribution is -0.115. The molecule has 0 aliphatic carbocycles. The normalized spacial score (nSPS) is 16.9. The minimum atomic E-state index is -3.56. The number of anilines is 1. The Morgan fingerprint density at radius 2 is 1.96 bits per heavy atom. The van der Waals surface area contributed by atoms with Gasteiger partial charge in [0.2, 0.25) is 15.9 Å². The summed E-state index contributed by atoms with van der Waals surface area (Å²) in [5, 5.41) is 5.85. The maximum absolute atomic E-state index is 12.8. The molecule has 0 spiro atoms. The molecule has 1 aromatic rings. The van der Waals surface area contributed by atoms with Crippen molar-refractivity contribution in [2.24, 2.45) is 0 Å². The van der Waals surface area contributed by atoms with Crippen LogP contribution in [0.5, 0.6) is 5.75 Å². The Bertz CT molecular complexity index is 715. The van der Waals surface area contributed by atoms with Gasteiger partial charge < -0.3 is 15.4 Å². The molecule has 1 heterocycles. The molecule has 7 nitrogen and oxygen atoms in total. The lowest BCUT2D eigenvalue weighted by Gasteiger charge is -2.26. The molecular weight excluding hydrogens is 354 g/mol. The molecule has 0 unspecified atom stereocenters. The maximum atomic E-state index is 12.8. The van der Waals surface area contributed by atoms with E-state index in [1.54, 1.807) is 6.07 Å². The number of rotatable bonds is 8. The largest absolute Gasteiger partial charge is 0.495 e. The van der Waals surface area contributed by atoms with Crippen molar-refractivity contribution in [2.45, 2.75) is 50.5 Å². The van der Waals surface area contributed by atoms with Crippen molar-refractivity contribution in [1.29, 1.82) is 0 Å². The van der Waals surface area contributed by atoms with Crippen LogP contribution in [0.2, 0.25) is 0 Å². The molecule has 26 heavy (non-hydrogen) atoms. The van der Waals surface area contributed by atoms with E-state index in [0.717, 1.165) is 25.7 Å². The number of methoxy groups -OCH3 is 1. The van der Waals surface area contributed by atoms with Crippen molar-refractivity contribution in [3.8, 4) is 5.75 Å². The molecule has 0 aromatic heterocycles. The summed E-state index contributed by atoms with van der Waals surface area (Å²) in [6.45, 7) is 5.26. The van der Waals surface area contributed by atoms with Gasteiger partial charge in [-0.2, -0.15) is 4.31 Å². The predicted molar refractivity (Wildman–Crippen MR) is 102 cm³/mol. The lowest BCUT2D eigenvalue weighted by atomic mass is 10.2. The van der Waals surface area contributed by atoms with Crippen LogP contribution in [0.1, 0.15) is 39.5 Å². The summed E-state index contributed by atoms with van der Waals surface area (Å²) in [4.78, 5) is 12.3. The number of amides is 1. The van der Waals surface area contributed by atoms with Crippen LogP contribution in [0.25, 0.3) is 0 Å². The maximum Gasteiger partial charge on any atom is 0.243 e. The molecule has 146 valence electrons. The zero-order valence-electron chi connectivity index (χ0n) is 15.7. The quantitative estimate of drug-likeness (QED) is 0.718. The van der Waals surface area contributed by atoms with Gasteiger partial charge in [0.25, 0.3) is 0 Å². The van der Waals surface area contributed by atoms with Crippen molar-refractivity contribution >= 4 is 21.6 Å². The van der Waals surface area contributed by atoms with E-state index < -0.39 is 10.0 Å². The summed E-state index contributed by atoms with van der Waals surface area (Å²) in [5.74, 6) is 0.190. The monoisotopic (exact) mass is 383 g/mol. The molecule has 2 N–H and O–H groups in total. The van der Waals surface area contributed by atoms with Crippen molar-refractivity contribution in [1.82, 2.24) is 9.62 Å². The standard InChI is InChI=1S/C18H29N3O4S/c1-4-14(2)19-13-18(22)20-16-12-15(8-9-17(16)25-3)26(23,24)21-10-6-5-7-11-21/h8-9,12,14,19H,4-7,10-11,13H2,1-3H3,(H,20,22)/t14-/m0/s1. The SMILES string of the molecule is CC[C@H](C)NCC(=O)Nc1cc(S(=O)(=O)N2CCCCC2)ccc1OC. The van der Waals surface area contributed by atoms with Crippen LogP contribution < -0.4 is 15.4 Å². The van der Waals surface area contributed by atoms with E-state index >= 15 is 0 Å². The molecule has 0 radical (unpaired) electrons. The molecule has 1 fully saturated rings. The molecule has 1 atom stereocenters. The molecular formula is C18H29N3O4S. The van der Waals surface area contributed by atoms with Gasteiger partial charge in [-0.1, -0.05) is 13.3 Å². The van der Waals surface area contributed by atoms with Crippen LogP contribution in [-0.2, 0) is 14.8 Å². The Balaban J connectivity index is 2.18. The average molecular weight is 384 g/mol. The first-order valence-corrected chi connectivity index (χ1v) is 10.5. The first kappa shape index (κ1) is 20.7. The van der Waals surface area contributed by atoms with Crippen LogP contribution in [0.4, 0.5) is 5.69 Å². The molecule has 1 aliphatic heterocycles. The highest BCUT2D eigenvalue weighted by Gasteiger charge is 2.27. The van der Waals surface area contributed by atoms with Crippen molar-refractivity contribution in [2.75, 3.05) is 32.1 Å². The highest BCUT2D eigenvalue weighted by atomic mass is 32.2. The number of carbonyl (C=O) groups excluding carboxylic acids is 1. The summed E-state index contributed by atoms with van der Waals surface area (Å²) in [6, 6.07) is 4.81. The van der Waals surface area contributed by atoms with Crippen molar-refractivity contribution < 1.29 is 17.9 Å². The third-order valence-electron chi connectivity index (χ3n) is 4.62. The molecule has 1 aliphatic rings. The second kappa shape index (κ2) is 9.34. The van der Waals surface area contributed by atoms with E-state index in [9.17, 15) is 13.2 Å². The molecule has 0 bridgehead atoms. The second-order valence-electron chi connectivity index (χ2n) is 6.57. The third-order valence-corrected chi connectivity index (χ3v) is 6.52. The van der Waals surface area contributed by atoms with E-state index in [-0.39, 0.29) is 23.4 Å². The van der Waals surface area contributed by atoms with Crippen molar-refractivity contribution in [3.05, 3.63) is 18.2 Å². The van der Waals surface area contributed by atoms with Gasteiger partial charge in [0, 0.05) is 19.1 Å². The molecule has 1 amide bonds. The summed E-state index contributed by atoms with van der Waals surface area (Å²) in [5.41, 5.74) is 0.363. The fourth-order valence-electron chi connectivity index (χ4n) is 2.81. The second-order valence-corrected chi connectivity index (χ2v) is 8.50. The Kier molecular flexibility index (Phi) is 7.43. The number of hydrogen-bond acceptors (Lipinski definition) is 5. The van der Waals surface area contributed by atoms with E-state index in [0.29, 0.717) is 24.5 Å². The van der Waals surface area contributed by atoms with Crippen LogP contribution in [0.15, 0.2) is 23.1 Å². The fourth-order valence-corrected chi connectivity index (χ4v) is 4.35. The fraction of sp³-hybridized carbons (Fsp3) is 0.611. The Labute approximate surface area is 156 Å². The number of nitrogens with zero attached hydrogens (tertiary/aromatic N) is 1. The highest BCUT2D eigenvalue weighted by Crippen LogP contribution is 2.29. The Hall–Kier alpha value is -1.64. The highest BCUT2D eigenvalue weighted by molar-refractivity contribution is 7.89. The first-order chi connectivity index (χ1) is 12.4. The number of nitrogens with one attached hydrogen (secondary N) is 2. The summed E-state index contributed by atoms with van der Waals surface area (Å²) >= 11 is 0. The number of hydrogen-bond donors (Lipinski definition) is 2. The Morgan fingerprint density at radius 3 is 2.58 bits per heavy atom. The van der Waals surface area contributed by atoms with E-state index in [1.165, 1.54) is 23.5 Å². The van der Waals surface area contributed by atoms with Crippen LogP contribution in [0, 0.1) is 0 Å². The number of piperidine rings is 1. The molecule has 2 rings (SSSR count). The Morgan fingerprint density at radius 1 is 1.27 bits per heavy atom. The van der Waals surface area contributed by atoms with Gasteiger partial charge in [-0.05, 0) is 44.4 Å². The van der Waals surface area contributed by atoms with Gasteiger partial charge in [0.05, 0.1) is 24.2 Å². The van der Waals surface area contributed by atoms with Gasteiger partial charge in [-0.3, -0.25) is 4.79 Å². The summed E-state index contributed by atoms with van der Waals surface area (Å²) in [7, 11) is -2.08. The average Bonchev–Trinajstić information content (AvgIpc) is 2.66. The molecule has 8 heteroatoms. The third kappa shape index (κ3) is 5.18. The number of ether oxygens (including phenoxy) is 1. The lowest BCUT2D eigenvalue weighted by Crippen LogP contribution is -2.36. The van der Waals surface area contributed by atoms with Crippen LogP contribution in [-0.4, -0.2) is 51.4 Å². The number of sulfonamides is 1. The van der Waals surface area contributed by atoms with Gasteiger partial charge in [0.15, 0.2) is 0 Å². The zero-order valence-corrected chi connectivity index (χ0v) is 16.6. The van der Waals surface area contributed by atoms with Crippen LogP contribution in [0.3, 0.4) is 0 Å².